The lowest BCUT2D eigenvalue weighted by Gasteiger charge is -2.08. The van der Waals surface area contributed by atoms with Crippen molar-refractivity contribution < 1.29 is 14.3 Å². The highest BCUT2D eigenvalue weighted by atomic mass is 35.5. The Morgan fingerprint density at radius 3 is 2.48 bits per heavy atom. The van der Waals surface area contributed by atoms with Gasteiger partial charge in [-0.3, -0.25) is 9.59 Å². The molecular formula is C18H18ClNO3. The highest BCUT2D eigenvalue weighted by Crippen LogP contribution is 2.14. The average molecular weight is 332 g/mol. The first-order chi connectivity index (χ1) is 11.0. The van der Waals surface area contributed by atoms with Gasteiger partial charge in [0.25, 0.3) is 5.91 Å². The second kappa shape index (κ2) is 8.34. The summed E-state index contributed by atoms with van der Waals surface area (Å²) in [5, 5.41) is 3.25. The normalized spacial score (nSPS) is 10.2. The lowest BCUT2D eigenvalue weighted by atomic mass is 10.1. The largest absolute Gasteiger partial charge is 0.455 e. The Morgan fingerprint density at radius 2 is 1.78 bits per heavy atom. The summed E-state index contributed by atoms with van der Waals surface area (Å²) in [6.07, 6.45) is 0.151. The molecule has 4 nitrogen and oxygen atoms in total. The third-order valence-corrected chi connectivity index (χ3v) is 3.64. The number of halogens is 1. The maximum Gasteiger partial charge on any atom is 0.310 e. The van der Waals surface area contributed by atoms with Crippen LogP contribution in [-0.2, 0) is 27.3 Å². The Balaban J connectivity index is 1.72. The van der Waals surface area contributed by atoms with Gasteiger partial charge in [0.2, 0.25) is 0 Å². The van der Waals surface area contributed by atoms with E-state index in [9.17, 15) is 9.59 Å². The van der Waals surface area contributed by atoms with Crippen LogP contribution in [0.1, 0.15) is 16.7 Å². The van der Waals surface area contributed by atoms with E-state index >= 15 is 0 Å². The van der Waals surface area contributed by atoms with E-state index in [1.807, 2.05) is 49.4 Å². The minimum absolute atomic E-state index is 0.151. The highest BCUT2D eigenvalue weighted by molar-refractivity contribution is 6.31. The molecule has 5 heteroatoms. The van der Waals surface area contributed by atoms with Crippen molar-refractivity contribution in [2.45, 2.75) is 19.9 Å². The van der Waals surface area contributed by atoms with Gasteiger partial charge in [-0.2, -0.15) is 0 Å². The zero-order chi connectivity index (χ0) is 16.7. The topological polar surface area (TPSA) is 55.4 Å². The summed E-state index contributed by atoms with van der Waals surface area (Å²) in [5.74, 6) is -0.788. The van der Waals surface area contributed by atoms with Crippen molar-refractivity contribution in [2.24, 2.45) is 0 Å². The van der Waals surface area contributed by atoms with Crippen LogP contribution >= 0.6 is 11.6 Å². The van der Waals surface area contributed by atoms with Crippen LogP contribution in [0.25, 0.3) is 0 Å². The molecule has 1 amide bonds. The summed E-state index contributed by atoms with van der Waals surface area (Å²) in [6.45, 7) is 1.98. The molecule has 1 N–H and O–H groups in total. The Labute approximate surface area is 140 Å². The van der Waals surface area contributed by atoms with Gasteiger partial charge in [0.1, 0.15) is 0 Å². The lowest BCUT2D eigenvalue weighted by Crippen LogP contribution is -2.28. The first-order valence-corrected chi connectivity index (χ1v) is 7.63. The van der Waals surface area contributed by atoms with Gasteiger partial charge in [0.05, 0.1) is 6.42 Å². The van der Waals surface area contributed by atoms with Crippen LogP contribution in [0.15, 0.2) is 48.5 Å². The number of amides is 1. The van der Waals surface area contributed by atoms with Crippen LogP contribution in [0.2, 0.25) is 5.02 Å². The number of nitrogens with one attached hydrogen (secondary N) is 1. The van der Waals surface area contributed by atoms with Crippen molar-refractivity contribution in [1.82, 2.24) is 5.32 Å². The van der Waals surface area contributed by atoms with Gasteiger partial charge < -0.3 is 10.1 Å². The van der Waals surface area contributed by atoms with E-state index < -0.39 is 5.97 Å². The molecule has 2 aromatic rings. The van der Waals surface area contributed by atoms with Gasteiger partial charge >= 0.3 is 5.97 Å². The Hall–Kier alpha value is -2.33. The van der Waals surface area contributed by atoms with Crippen molar-refractivity contribution in [3.05, 3.63) is 70.2 Å². The molecular weight excluding hydrogens is 314 g/mol. The van der Waals surface area contributed by atoms with Crippen LogP contribution in [0.3, 0.4) is 0 Å². The number of hydrogen-bond donors (Lipinski definition) is 1. The van der Waals surface area contributed by atoms with Crippen molar-refractivity contribution in [3.63, 3.8) is 0 Å². The predicted molar refractivity (Wildman–Crippen MR) is 89.1 cm³/mol. The highest BCUT2D eigenvalue weighted by Gasteiger charge is 2.09. The van der Waals surface area contributed by atoms with Gasteiger partial charge in [-0.15, -0.1) is 0 Å². The second-order valence-corrected chi connectivity index (χ2v) is 5.60. The summed E-state index contributed by atoms with van der Waals surface area (Å²) < 4.78 is 4.97. The molecule has 2 rings (SSSR count). The molecule has 0 saturated carbocycles. The lowest BCUT2D eigenvalue weighted by molar-refractivity contribution is -0.147. The van der Waals surface area contributed by atoms with Crippen molar-refractivity contribution in [2.75, 3.05) is 6.61 Å². The van der Waals surface area contributed by atoms with Crippen LogP contribution < -0.4 is 5.32 Å². The fourth-order valence-electron chi connectivity index (χ4n) is 1.96. The van der Waals surface area contributed by atoms with Crippen LogP contribution in [-0.4, -0.2) is 18.5 Å². The minimum atomic E-state index is -0.429. The average Bonchev–Trinajstić information content (AvgIpc) is 2.54. The molecule has 0 heterocycles. The summed E-state index contributed by atoms with van der Waals surface area (Å²) in [5.41, 5.74) is 2.80. The minimum Gasteiger partial charge on any atom is -0.455 e. The van der Waals surface area contributed by atoms with E-state index in [-0.39, 0.29) is 18.9 Å². The fraction of sp³-hybridized carbons (Fsp3) is 0.222. The standard InChI is InChI=1S/C18H18ClNO3/c1-13-6-8-14(9-7-13)10-18(22)23-12-17(21)20-11-15-4-2-3-5-16(15)19/h2-9H,10-12H2,1H3,(H,20,21). The molecule has 0 aliphatic heterocycles. The molecule has 0 saturated heterocycles. The zero-order valence-electron chi connectivity index (χ0n) is 12.8. The van der Waals surface area contributed by atoms with Crippen molar-refractivity contribution in [1.29, 1.82) is 0 Å². The maximum absolute atomic E-state index is 11.7. The van der Waals surface area contributed by atoms with E-state index in [0.717, 1.165) is 16.7 Å². The molecule has 0 aliphatic rings. The first-order valence-electron chi connectivity index (χ1n) is 7.26. The summed E-state index contributed by atoms with van der Waals surface area (Å²) in [7, 11) is 0. The van der Waals surface area contributed by atoms with Crippen LogP contribution in [0.5, 0.6) is 0 Å². The first kappa shape index (κ1) is 17.0. The SMILES string of the molecule is Cc1ccc(CC(=O)OCC(=O)NCc2ccccc2Cl)cc1. The Morgan fingerprint density at radius 1 is 1.09 bits per heavy atom. The number of rotatable bonds is 6. The molecule has 2 aromatic carbocycles. The predicted octanol–water partition coefficient (Wildman–Crippen LogP) is 3.05. The number of benzene rings is 2. The number of esters is 1. The molecule has 120 valence electrons. The Kier molecular flexibility index (Phi) is 6.18. The third kappa shape index (κ3) is 5.75. The zero-order valence-corrected chi connectivity index (χ0v) is 13.6. The van der Waals surface area contributed by atoms with Gasteiger partial charge in [0.15, 0.2) is 6.61 Å². The molecule has 0 unspecified atom stereocenters. The molecule has 0 atom stereocenters. The van der Waals surface area contributed by atoms with Gasteiger partial charge in [-0.05, 0) is 24.1 Å². The molecule has 0 spiro atoms. The maximum atomic E-state index is 11.7. The van der Waals surface area contributed by atoms with E-state index in [1.54, 1.807) is 6.07 Å². The fourth-order valence-corrected chi connectivity index (χ4v) is 2.16. The van der Waals surface area contributed by atoms with E-state index in [0.29, 0.717) is 11.6 Å². The molecule has 0 fully saturated rings. The number of carbonyl (C=O) groups is 2. The molecule has 0 aliphatic carbocycles. The number of aryl methyl sites for hydroxylation is 1. The summed E-state index contributed by atoms with van der Waals surface area (Å²) in [4.78, 5) is 23.4. The van der Waals surface area contributed by atoms with Gasteiger partial charge in [-0.25, -0.2) is 0 Å². The van der Waals surface area contributed by atoms with E-state index in [2.05, 4.69) is 5.32 Å². The Bertz CT molecular complexity index is 683. The van der Waals surface area contributed by atoms with Crippen molar-refractivity contribution in [3.8, 4) is 0 Å². The third-order valence-electron chi connectivity index (χ3n) is 3.27. The molecule has 23 heavy (non-hydrogen) atoms. The molecule has 0 aromatic heterocycles. The van der Waals surface area contributed by atoms with Crippen molar-refractivity contribution >= 4 is 23.5 Å². The number of hydrogen-bond acceptors (Lipinski definition) is 3. The van der Waals surface area contributed by atoms with E-state index in [4.69, 9.17) is 16.3 Å². The molecule has 0 bridgehead atoms. The monoisotopic (exact) mass is 331 g/mol. The second-order valence-electron chi connectivity index (χ2n) is 5.19. The van der Waals surface area contributed by atoms with Crippen LogP contribution in [0.4, 0.5) is 0 Å². The summed E-state index contributed by atoms with van der Waals surface area (Å²) in [6, 6.07) is 14.8. The molecule has 0 radical (unpaired) electrons. The van der Waals surface area contributed by atoms with Gasteiger partial charge in [-0.1, -0.05) is 59.6 Å². The smallest absolute Gasteiger partial charge is 0.310 e. The van der Waals surface area contributed by atoms with Crippen LogP contribution in [0, 0.1) is 6.92 Å². The quantitative estimate of drug-likeness (QED) is 0.828. The van der Waals surface area contributed by atoms with Gasteiger partial charge in [0, 0.05) is 11.6 Å². The van der Waals surface area contributed by atoms with E-state index in [1.165, 1.54) is 0 Å². The number of carbonyl (C=O) groups excluding carboxylic acids is 2. The summed E-state index contributed by atoms with van der Waals surface area (Å²) >= 11 is 6.00. The number of ether oxygens (including phenoxy) is 1.